The molecule has 1 aliphatic carbocycles. The quantitative estimate of drug-likeness (QED) is 0.452. The Balaban J connectivity index is 2.05. The predicted octanol–water partition coefficient (Wildman–Crippen LogP) is 2.66. The number of nitrogens with zero attached hydrogens (tertiary/aromatic N) is 1. The van der Waals surface area contributed by atoms with Crippen LogP contribution in [0.25, 0.3) is 0 Å². The summed E-state index contributed by atoms with van der Waals surface area (Å²) < 4.78 is 0. The van der Waals surface area contributed by atoms with Crippen molar-refractivity contribution in [3.8, 4) is 0 Å². The molecule has 1 heterocycles. The van der Waals surface area contributed by atoms with E-state index in [4.69, 9.17) is 0 Å². The summed E-state index contributed by atoms with van der Waals surface area (Å²) in [4.78, 5) is 50.8. The molecule has 0 saturated heterocycles. The first-order valence-corrected chi connectivity index (χ1v) is 8.27. The minimum atomic E-state index is -0.823. The third-order valence-electron chi connectivity index (χ3n) is 4.74. The van der Waals surface area contributed by atoms with Crippen molar-refractivity contribution in [1.82, 2.24) is 4.90 Å². The van der Waals surface area contributed by atoms with Gasteiger partial charge >= 0.3 is 0 Å². The smallest absolute Gasteiger partial charge is 0.262 e. The van der Waals surface area contributed by atoms with Crippen LogP contribution in [0.4, 0.5) is 0 Å². The van der Waals surface area contributed by atoms with Crippen molar-refractivity contribution in [3.63, 3.8) is 0 Å². The number of benzene rings is 1. The second-order valence-corrected chi connectivity index (χ2v) is 7.55. The van der Waals surface area contributed by atoms with E-state index in [9.17, 15) is 19.2 Å². The fourth-order valence-electron chi connectivity index (χ4n) is 3.54. The lowest BCUT2D eigenvalue weighted by molar-refractivity contribution is -0.128. The molecule has 1 atom stereocenters. The number of carbonyl (C=O) groups is 4. The summed E-state index contributed by atoms with van der Waals surface area (Å²) in [5.41, 5.74) is 1.27. The molecule has 5 nitrogen and oxygen atoms in total. The van der Waals surface area contributed by atoms with Crippen LogP contribution in [0.2, 0.25) is 0 Å². The lowest BCUT2D eigenvalue weighted by Gasteiger charge is -2.24. The molecule has 0 aromatic heterocycles. The van der Waals surface area contributed by atoms with Gasteiger partial charge in [0.15, 0.2) is 5.78 Å². The normalized spacial score (nSPS) is 22.0. The summed E-state index contributed by atoms with van der Waals surface area (Å²) in [6.07, 6.45) is 1.03. The van der Waals surface area contributed by atoms with Gasteiger partial charge in [-0.25, -0.2) is 0 Å². The van der Waals surface area contributed by atoms with E-state index in [1.165, 1.54) is 0 Å². The van der Waals surface area contributed by atoms with Crippen LogP contribution >= 0.6 is 0 Å². The summed E-state index contributed by atoms with van der Waals surface area (Å²) in [7, 11) is 0. The Morgan fingerprint density at radius 1 is 1.04 bits per heavy atom. The van der Waals surface area contributed by atoms with Crippen molar-refractivity contribution in [2.45, 2.75) is 57.9 Å². The van der Waals surface area contributed by atoms with Crippen molar-refractivity contribution in [1.29, 1.82) is 0 Å². The van der Waals surface area contributed by atoms with Gasteiger partial charge in [-0.1, -0.05) is 32.9 Å². The van der Waals surface area contributed by atoms with E-state index >= 15 is 0 Å². The zero-order valence-corrected chi connectivity index (χ0v) is 14.2. The third-order valence-corrected chi connectivity index (χ3v) is 4.74. The SMILES string of the molecule is CC(C)(C)c1cccc2c1C(=O)N(C1CCCC(=O)CC1=O)C2=O. The fourth-order valence-corrected chi connectivity index (χ4v) is 3.54. The Kier molecular flexibility index (Phi) is 3.90. The molecule has 0 N–H and O–H groups in total. The molecular weight excluding hydrogens is 306 g/mol. The fraction of sp³-hybridized carbons (Fsp3) is 0.474. The maximum absolute atomic E-state index is 13.0. The number of ketones is 2. The van der Waals surface area contributed by atoms with Crippen LogP contribution in [0.15, 0.2) is 18.2 Å². The maximum atomic E-state index is 13.0. The first-order chi connectivity index (χ1) is 11.2. The molecule has 5 heteroatoms. The summed E-state index contributed by atoms with van der Waals surface area (Å²) in [6, 6.07) is 4.44. The molecule has 1 aliphatic heterocycles. The number of rotatable bonds is 1. The molecule has 24 heavy (non-hydrogen) atoms. The molecule has 1 unspecified atom stereocenters. The van der Waals surface area contributed by atoms with Crippen molar-refractivity contribution >= 4 is 23.4 Å². The van der Waals surface area contributed by atoms with Crippen LogP contribution in [0.5, 0.6) is 0 Å². The third kappa shape index (κ3) is 2.58. The standard InChI is InChI=1S/C19H21NO4/c1-19(2,3)13-8-5-7-12-16(13)18(24)20(17(12)23)14-9-4-6-11(21)10-15(14)22/h5,7-8,14H,4,6,9-10H2,1-3H3. The van der Waals surface area contributed by atoms with Gasteiger partial charge in [0.1, 0.15) is 5.78 Å². The molecule has 0 spiro atoms. The van der Waals surface area contributed by atoms with Crippen molar-refractivity contribution < 1.29 is 19.2 Å². The number of carbonyl (C=O) groups excluding carboxylic acids is 4. The maximum Gasteiger partial charge on any atom is 0.262 e. The van der Waals surface area contributed by atoms with E-state index in [-0.39, 0.29) is 23.4 Å². The van der Waals surface area contributed by atoms with Gasteiger partial charge in [-0.05, 0) is 29.9 Å². The first kappa shape index (κ1) is 16.6. The van der Waals surface area contributed by atoms with Gasteiger partial charge < -0.3 is 0 Å². The van der Waals surface area contributed by atoms with Crippen LogP contribution in [0, 0.1) is 0 Å². The van der Waals surface area contributed by atoms with E-state index in [2.05, 4.69) is 0 Å². The molecule has 2 aliphatic rings. The Bertz CT molecular complexity index is 757. The molecule has 0 bridgehead atoms. The van der Waals surface area contributed by atoms with Gasteiger partial charge in [-0.3, -0.25) is 24.1 Å². The zero-order valence-electron chi connectivity index (χ0n) is 14.2. The van der Waals surface area contributed by atoms with Crippen LogP contribution in [-0.4, -0.2) is 34.3 Å². The summed E-state index contributed by atoms with van der Waals surface area (Å²) in [5, 5.41) is 0. The van der Waals surface area contributed by atoms with Crippen molar-refractivity contribution in [3.05, 3.63) is 34.9 Å². The molecule has 1 aromatic rings. The van der Waals surface area contributed by atoms with Gasteiger partial charge in [0.2, 0.25) is 0 Å². The number of amides is 2. The van der Waals surface area contributed by atoms with Gasteiger partial charge in [0.05, 0.1) is 23.6 Å². The monoisotopic (exact) mass is 327 g/mol. The molecule has 1 fully saturated rings. The molecule has 3 rings (SSSR count). The molecule has 126 valence electrons. The number of hydrogen-bond acceptors (Lipinski definition) is 4. The Morgan fingerprint density at radius 2 is 1.75 bits per heavy atom. The Labute approximate surface area is 141 Å². The number of hydrogen-bond donors (Lipinski definition) is 0. The molecule has 1 saturated carbocycles. The van der Waals surface area contributed by atoms with E-state index in [0.717, 1.165) is 10.5 Å². The van der Waals surface area contributed by atoms with E-state index in [1.807, 2.05) is 26.8 Å². The van der Waals surface area contributed by atoms with Gasteiger partial charge in [-0.15, -0.1) is 0 Å². The van der Waals surface area contributed by atoms with Crippen molar-refractivity contribution in [2.75, 3.05) is 0 Å². The van der Waals surface area contributed by atoms with E-state index in [0.29, 0.717) is 30.4 Å². The largest absolute Gasteiger partial charge is 0.299 e. The highest BCUT2D eigenvalue weighted by molar-refractivity contribution is 6.24. The van der Waals surface area contributed by atoms with Gasteiger partial charge in [0.25, 0.3) is 11.8 Å². The number of Topliss-reactive ketones (excluding diaryl/α,β-unsaturated/α-hetero) is 2. The average molecular weight is 327 g/mol. The molecule has 0 radical (unpaired) electrons. The molecule has 2 amide bonds. The van der Waals surface area contributed by atoms with Crippen LogP contribution in [0.1, 0.15) is 72.7 Å². The summed E-state index contributed by atoms with van der Waals surface area (Å²) in [6.45, 7) is 5.95. The van der Waals surface area contributed by atoms with E-state index < -0.39 is 17.9 Å². The van der Waals surface area contributed by atoms with E-state index in [1.54, 1.807) is 12.1 Å². The summed E-state index contributed by atoms with van der Waals surface area (Å²) in [5.74, 6) is -1.28. The number of fused-ring (bicyclic) bond motifs is 1. The van der Waals surface area contributed by atoms with Crippen molar-refractivity contribution in [2.24, 2.45) is 0 Å². The topological polar surface area (TPSA) is 71.5 Å². The number of imide groups is 1. The zero-order chi connectivity index (χ0) is 17.6. The minimum Gasteiger partial charge on any atom is -0.299 e. The second-order valence-electron chi connectivity index (χ2n) is 7.55. The highest BCUT2D eigenvalue weighted by Crippen LogP contribution is 2.35. The predicted molar refractivity (Wildman–Crippen MR) is 87.9 cm³/mol. The molecule has 1 aromatic carbocycles. The summed E-state index contributed by atoms with van der Waals surface area (Å²) >= 11 is 0. The van der Waals surface area contributed by atoms with Crippen LogP contribution in [0.3, 0.4) is 0 Å². The van der Waals surface area contributed by atoms with Crippen LogP contribution < -0.4 is 0 Å². The van der Waals surface area contributed by atoms with Gasteiger partial charge in [-0.2, -0.15) is 0 Å². The van der Waals surface area contributed by atoms with Gasteiger partial charge in [0, 0.05) is 6.42 Å². The highest BCUT2D eigenvalue weighted by Gasteiger charge is 2.45. The minimum absolute atomic E-state index is 0.116. The lowest BCUT2D eigenvalue weighted by Crippen LogP contribution is -2.44. The molecular formula is C19H21NO4. The second kappa shape index (κ2) is 5.65. The first-order valence-electron chi connectivity index (χ1n) is 8.27. The Morgan fingerprint density at radius 3 is 2.42 bits per heavy atom. The lowest BCUT2D eigenvalue weighted by atomic mass is 9.82. The highest BCUT2D eigenvalue weighted by atomic mass is 16.2. The average Bonchev–Trinajstić information content (AvgIpc) is 2.63. The Hall–Kier alpha value is -2.30. The van der Waals surface area contributed by atoms with Crippen LogP contribution in [-0.2, 0) is 15.0 Å².